The van der Waals surface area contributed by atoms with Gasteiger partial charge in [0.25, 0.3) is 0 Å². The van der Waals surface area contributed by atoms with Gasteiger partial charge in [-0.15, -0.1) is 11.8 Å². The van der Waals surface area contributed by atoms with Crippen LogP contribution >= 0.6 is 27.7 Å². The third-order valence-electron chi connectivity index (χ3n) is 2.15. The Bertz CT molecular complexity index is 418. The van der Waals surface area contributed by atoms with Gasteiger partial charge in [0.2, 0.25) is 0 Å². The molecule has 0 amide bonds. The highest BCUT2D eigenvalue weighted by Crippen LogP contribution is 2.34. The van der Waals surface area contributed by atoms with Crippen LogP contribution in [0.1, 0.15) is 11.1 Å². The fourth-order valence-electron chi connectivity index (χ4n) is 1.38. The van der Waals surface area contributed by atoms with Gasteiger partial charge in [0.05, 0.1) is 10.9 Å². The van der Waals surface area contributed by atoms with E-state index in [2.05, 4.69) is 15.9 Å². The summed E-state index contributed by atoms with van der Waals surface area (Å²) in [5.41, 5.74) is -0.696. The SMILES string of the molecule is CSc1ccc(C(F)(F)F)c(CC(=O)CBr)c1. The van der Waals surface area contributed by atoms with E-state index in [1.807, 2.05) is 0 Å². The van der Waals surface area contributed by atoms with Crippen molar-refractivity contribution in [1.82, 2.24) is 0 Å². The molecule has 1 rings (SSSR count). The number of benzene rings is 1. The zero-order valence-electron chi connectivity index (χ0n) is 8.97. The highest BCUT2D eigenvalue weighted by molar-refractivity contribution is 9.09. The molecule has 0 aliphatic heterocycles. The number of ketones is 1. The van der Waals surface area contributed by atoms with E-state index in [0.29, 0.717) is 0 Å². The van der Waals surface area contributed by atoms with Gasteiger partial charge in [-0.1, -0.05) is 15.9 Å². The molecule has 17 heavy (non-hydrogen) atoms. The van der Waals surface area contributed by atoms with Crippen molar-refractivity contribution in [3.8, 4) is 0 Å². The van der Waals surface area contributed by atoms with Crippen LogP contribution in [0.25, 0.3) is 0 Å². The molecule has 1 aromatic carbocycles. The Morgan fingerprint density at radius 3 is 2.53 bits per heavy atom. The summed E-state index contributed by atoms with van der Waals surface area (Å²) in [7, 11) is 0. The minimum Gasteiger partial charge on any atom is -0.298 e. The van der Waals surface area contributed by atoms with Gasteiger partial charge < -0.3 is 0 Å². The molecule has 1 aromatic rings. The van der Waals surface area contributed by atoms with Crippen LogP contribution < -0.4 is 0 Å². The zero-order chi connectivity index (χ0) is 13.1. The standard InChI is InChI=1S/C11H10BrF3OS/c1-17-9-2-3-10(11(13,14)15)7(5-9)4-8(16)6-12/h2-3,5H,4,6H2,1H3. The highest BCUT2D eigenvalue weighted by Gasteiger charge is 2.33. The maximum absolute atomic E-state index is 12.7. The smallest absolute Gasteiger partial charge is 0.298 e. The van der Waals surface area contributed by atoms with Crippen molar-refractivity contribution in [2.75, 3.05) is 11.6 Å². The van der Waals surface area contributed by atoms with Crippen molar-refractivity contribution in [3.63, 3.8) is 0 Å². The van der Waals surface area contributed by atoms with E-state index in [9.17, 15) is 18.0 Å². The molecule has 6 heteroatoms. The van der Waals surface area contributed by atoms with Crippen LogP contribution in [0.5, 0.6) is 0 Å². The topological polar surface area (TPSA) is 17.1 Å². The first kappa shape index (κ1) is 14.6. The van der Waals surface area contributed by atoms with E-state index >= 15 is 0 Å². The number of Topliss-reactive ketones (excluding diaryl/α,β-unsaturated/α-hetero) is 1. The second-order valence-corrected chi connectivity index (χ2v) is 4.81. The molecule has 1 nitrogen and oxygen atoms in total. The average Bonchev–Trinajstić information content (AvgIpc) is 2.27. The molecule has 0 aliphatic carbocycles. The van der Waals surface area contributed by atoms with Crippen molar-refractivity contribution in [2.24, 2.45) is 0 Å². The molecular weight excluding hydrogens is 317 g/mol. The second kappa shape index (κ2) is 5.91. The molecule has 0 bridgehead atoms. The third kappa shape index (κ3) is 4.03. The van der Waals surface area contributed by atoms with Gasteiger partial charge in [0.15, 0.2) is 0 Å². The summed E-state index contributed by atoms with van der Waals surface area (Å²) in [6.45, 7) is 0. The van der Waals surface area contributed by atoms with E-state index in [0.717, 1.165) is 11.0 Å². The number of alkyl halides is 4. The summed E-state index contributed by atoms with van der Waals surface area (Å²) >= 11 is 4.29. The Morgan fingerprint density at radius 2 is 2.06 bits per heavy atom. The first-order chi connectivity index (χ1) is 7.88. The third-order valence-corrected chi connectivity index (χ3v) is 3.51. The van der Waals surface area contributed by atoms with E-state index in [4.69, 9.17) is 0 Å². The molecule has 0 aliphatic rings. The summed E-state index contributed by atoms with van der Waals surface area (Å²) in [4.78, 5) is 12.0. The molecule has 94 valence electrons. The highest BCUT2D eigenvalue weighted by atomic mass is 79.9. The predicted molar refractivity (Wildman–Crippen MR) is 65.7 cm³/mol. The number of hydrogen-bond acceptors (Lipinski definition) is 2. The molecule has 0 unspecified atom stereocenters. The molecule has 0 spiro atoms. The maximum atomic E-state index is 12.7. The maximum Gasteiger partial charge on any atom is 0.416 e. The fourth-order valence-corrected chi connectivity index (χ4v) is 2.04. The van der Waals surface area contributed by atoms with Crippen LogP contribution in [-0.2, 0) is 17.4 Å². The lowest BCUT2D eigenvalue weighted by Gasteiger charge is -2.13. The van der Waals surface area contributed by atoms with Crippen molar-refractivity contribution in [2.45, 2.75) is 17.5 Å². The van der Waals surface area contributed by atoms with Gasteiger partial charge in [0, 0.05) is 11.3 Å². The van der Waals surface area contributed by atoms with Gasteiger partial charge in [-0.25, -0.2) is 0 Å². The van der Waals surface area contributed by atoms with Crippen LogP contribution in [-0.4, -0.2) is 17.4 Å². The van der Waals surface area contributed by atoms with Crippen LogP contribution in [0.3, 0.4) is 0 Å². The van der Waals surface area contributed by atoms with Crippen LogP contribution in [0.4, 0.5) is 13.2 Å². The Kier molecular flexibility index (Phi) is 5.06. The summed E-state index contributed by atoms with van der Waals surface area (Å²) in [5.74, 6) is -0.270. The Morgan fingerprint density at radius 1 is 1.41 bits per heavy atom. The van der Waals surface area contributed by atoms with E-state index in [1.54, 1.807) is 6.26 Å². The average molecular weight is 327 g/mol. The fraction of sp³-hybridized carbons (Fsp3) is 0.364. The number of hydrogen-bond donors (Lipinski definition) is 0. The first-order valence-corrected chi connectivity index (χ1v) is 7.05. The number of thioether (sulfide) groups is 1. The quantitative estimate of drug-likeness (QED) is 0.616. The Balaban J connectivity index is 3.16. The molecule has 0 atom stereocenters. The Hall–Kier alpha value is -0.490. The Labute approximate surface area is 110 Å². The van der Waals surface area contributed by atoms with Crippen molar-refractivity contribution >= 4 is 33.5 Å². The first-order valence-electron chi connectivity index (χ1n) is 4.70. The van der Waals surface area contributed by atoms with E-state index in [1.165, 1.54) is 23.9 Å². The van der Waals surface area contributed by atoms with Crippen molar-refractivity contribution in [1.29, 1.82) is 0 Å². The summed E-state index contributed by atoms with van der Waals surface area (Å²) < 4.78 is 38.1. The monoisotopic (exact) mass is 326 g/mol. The molecule has 0 aromatic heterocycles. The largest absolute Gasteiger partial charge is 0.416 e. The number of carbonyl (C=O) groups excluding carboxylic acids is 1. The lowest BCUT2D eigenvalue weighted by molar-refractivity contribution is -0.138. The minimum atomic E-state index is -4.42. The van der Waals surface area contributed by atoms with Crippen LogP contribution in [0.2, 0.25) is 0 Å². The molecular formula is C11H10BrF3OS. The van der Waals surface area contributed by atoms with Gasteiger partial charge in [-0.3, -0.25) is 4.79 Å². The summed E-state index contributed by atoms with van der Waals surface area (Å²) in [6.07, 6.45) is -2.84. The molecule has 0 heterocycles. The molecule has 0 fully saturated rings. The van der Waals surface area contributed by atoms with E-state index in [-0.39, 0.29) is 23.1 Å². The second-order valence-electron chi connectivity index (χ2n) is 3.37. The lowest BCUT2D eigenvalue weighted by Crippen LogP contribution is -2.13. The summed E-state index contributed by atoms with van der Waals surface area (Å²) in [6, 6.07) is 3.87. The minimum absolute atomic E-state index is 0.0359. The number of halogens is 4. The molecule has 0 saturated carbocycles. The van der Waals surface area contributed by atoms with Gasteiger partial charge in [-0.2, -0.15) is 13.2 Å². The predicted octanol–water partition coefficient (Wildman–Crippen LogP) is 3.93. The van der Waals surface area contributed by atoms with Gasteiger partial charge >= 0.3 is 6.18 Å². The van der Waals surface area contributed by atoms with Crippen LogP contribution in [0.15, 0.2) is 23.1 Å². The molecule has 0 radical (unpaired) electrons. The van der Waals surface area contributed by atoms with Crippen molar-refractivity contribution in [3.05, 3.63) is 29.3 Å². The molecule has 0 saturated heterocycles. The lowest BCUT2D eigenvalue weighted by atomic mass is 10.0. The number of carbonyl (C=O) groups is 1. The van der Waals surface area contributed by atoms with E-state index < -0.39 is 11.7 Å². The van der Waals surface area contributed by atoms with Gasteiger partial charge in [-0.05, 0) is 30.0 Å². The molecule has 0 N–H and O–H groups in total. The van der Waals surface area contributed by atoms with Gasteiger partial charge in [0.1, 0.15) is 5.78 Å². The number of rotatable bonds is 4. The zero-order valence-corrected chi connectivity index (χ0v) is 11.4. The summed E-state index contributed by atoms with van der Waals surface area (Å²) in [5, 5.41) is 0.0633. The van der Waals surface area contributed by atoms with Crippen LogP contribution in [0, 0.1) is 0 Å². The normalized spacial score (nSPS) is 11.6. The van der Waals surface area contributed by atoms with Crippen molar-refractivity contribution < 1.29 is 18.0 Å².